The summed E-state index contributed by atoms with van der Waals surface area (Å²) in [5, 5.41) is 5.28. The summed E-state index contributed by atoms with van der Waals surface area (Å²) in [5.41, 5.74) is 1.32. The van der Waals surface area contributed by atoms with E-state index < -0.39 is 0 Å². The molecule has 128 valence electrons. The van der Waals surface area contributed by atoms with Crippen LogP contribution in [0.25, 0.3) is 0 Å². The number of pyridine rings is 1. The largest absolute Gasteiger partial charge is 0.497 e. The third-order valence-corrected chi connectivity index (χ3v) is 4.19. The lowest BCUT2D eigenvalue weighted by atomic mass is 10.3. The highest BCUT2D eigenvalue weighted by atomic mass is 32.1. The minimum Gasteiger partial charge on any atom is -0.497 e. The molecule has 25 heavy (non-hydrogen) atoms. The van der Waals surface area contributed by atoms with Crippen molar-refractivity contribution in [3.63, 3.8) is 0 Å². The van der Waals surface area contributed by atoms with E-state index in [4.69, 9.17) is 9.47 Å². The Kier molecular flexibility index (Phi) is 5.58. The van der Waals surface area contributed by atoms with Gasteiger partial charge in [-0.05, 0) is 23.8 Å². The summed E-state index contributed by atoms with van der Waals surface area (Å²) in [4.78, 5) is 20.5. The van der Waals surface area contributed by atoms with Crippen molar-refractivity contribution in [1.29, 1.82) is 0 Å². The van der Waals surface area contributed by atoms with Crippen LogP contribution in [0, 0.1) is 0 Å². The third kappa shape index (κ3) is 4.77. The van der Waals surface area contributed by atoms with E-state index in [0.29, 0.717) is 24.6 Å². The van der Waals surface area contributed by atoms with Crippen LogP contribution in [0.2, 0.25) is 0 Å². The number of carbonyl (C=O) groups excluding carboxylic acids is 1. The van der Waals surface area contributed by atoms with Gasteiger partial charge < -0.3 is 14.8 Å². The molecule has 6 nitrogen and oxygen atoms in total. The Morgan fingerprint density at radius 3 is 2.92 bits per heavy atom. The molecule has 0 saturated carbocycles. The Hall–Kier alpha value is -2.93. The number of carbonyl (C=O) groups is 1. The predicted molar refractivity (Wildman–Crippen MR) is 94.8 cm³/mol. The molecule has 1 aromatic carbocycles. The maximum atomic E-state index is 12.1. The standard InChI is InChI=1S/C18H17N3O3S/c1-23-14-5-2-6-15(8-14)24-11-17-21-16(12-25-17)18(22)20-10-13-4-3-7-19-9-13/h2-9,12H,10-11H2,1H3,(H,20,22). The number of benzene rings is 1. The number of hydrogen-bond acceptors (Lipinski definition) is 6. The van der Waals surface area contributed by atoms with Crippen molar-refractivity contribution in [2.75, 3.05) is 7.11 Å². The third-order valence-electron chi connectivity index (χ3n) is 3.36. The lowest BCUT2D eigenvalue weighted by Gasteiger charge is -2.05. The molecular formula is C18H17N3O3S. The van der Waals surface area contributed by atoms with E-state index in [2.05, 4.69) is 15.3 Å². The summed E-state index contributed by atoms with van der Waals surface area (Å²) < 4.78 is 10.8. The Morgan fingerprint density at radius 1 is 1.24 bits per heavy atom. The van der Waals surface area contributed by atoms with Crippen LogP contribution in [0.5, 0.6) is 11.5 Å². The van der Waals surface area contributed by atoms with Crippen molar-refractivity contribution >= 4 is 17.2 Å². The topological polar surface area (TPSA) is 73.3 Å². The number of nitrogens with one attached hydrogen (secondary N) is 1. The lowest BCUT2D eigenvalue weighted by Crippen LogP contribution is -2.23. The van der Waals surface area contributed by atoms with E-state index in [0.717, 1.165) is 16.3 Å². The van der Waals surface area contributed by atoms with Crippen molar-refractivity contribution in [2.45, 2.75) is 13.2 Å². The maximum Gasteiger partial charge on any atom is 0.271 e. The van der Waals surface area contributed by atoms with E-state index in [1.165, 1.54) is 11.3 Å². The first-order valence-corrected chi connectivity index (χ1v) is 8.51. The van der Waals surface area contributed by atoms with Gasteiger partial charge in [0.1, 0.15) is 28.8 Å². The zero-order chi connectivity index (χ0) is 17.5. The second-order valence-corrected chi connectivity index (χ2v) is 6.08. The van der Waals surface area contributed by atoms with E-state index in [9.17, 15) is 4.79 Å². The molecule has 0 unspecified atom stereocenters. The van der Waals surface area contributed by atoms with Crippen LogP contribution in [-0.4, -0.2) is 23.0 Å². The first-order chi connectivity index (χ1) is 12.2. The summed E-state index contributed by atoms with van der Waals surface area (Å²) in [7, 11) is 1.61. The van der Waals surface area contributed by atoms with Crippen molar-refractivity contribution in [3.05, 3.63) is 70.4 Å². The highest BCUT2D eigenvalue weighted by Crippen LogP contribution is 2.20. The second kappa shape index (κ2) is 8.25. The molecule has 0 bridgehead atoms. The Bertz CT molecular complexity index is 836. The number of rotatable bonds is 7. The quantitative estimate of drug-likeness (QED) is 0.705. The smallest absolute Gasteiger partial charge is 0.271 e. The van der Waals surface area contributed by atoms with Crippen molar-refractivity contribution in [1.82, 2.24) is 15.3 Å². The number of aromatic nitrogens is 2. The minimum absolute atomic E-state index is 0.215. The van der Waals surface area contributed by atoms with Gasteiger partial charge in [0, 0.05) is 30.4 Å². The maximum absolute atomic E-state index is 12.1. The molecule has 0 radical (unpaired) electrons. The minimum atomic E-state index is -0.215. The summed E-state index contributed by atoms with van der Waals surface area (Å²) in [6.45, 7) is 0.716. The first kappa shape index (κ1) is 16.9. The zero-order valence-corrected chi connectivity index (χ0v) is 14.5. The molecule has 2 aromatic heterocycles. The number of ether oxygens (including phenoxy) is 2. The highest BCUT2D eigenvalue weighted by Gasteiger charge is 2.11. The fraction of sp³-hybridized carbons (Fsp3) is 0.167. The molecule has 0 spiro atoms. The van der Waals surface area contributed by atoms with Crippen molar-refractivity contribution < 1.29 is 14.3 Å². The predicted octanol–water partition coefficient (Wildman–Crippen LogP) is 3.06. The molecule has 3 rings (SSSR count). The number of amides is 1. The number of nitrogens with zero attached hydrogens (tertiary/aromatic N) is 2. The first-order valence-electron chi connectivity index (χ1n) is 7.63. The Balaban J connectivity index is 1.53. The van der Waals surface area contributed by atoms with Crippen LogP contribution in [-0.2, 0) is 13.2 Å². The summed E-state index contributed by atoms with van der Waals surface area (Å²) in [5.74, 6) is 1.21. The van der Waals surface area contributed by atoms with Gasteiger partial charge in [-0.25, -0.2) is 4.98 Å². The van der Waals surface area contributed by atoms with Crippen LogP contribution in [0.1, 0.15) is 21.1 Å². The van der Waals surface area contributed by atoms with Crippen LogP contribution in [0.15, 0.2) is 54.2 Å². The van der Waals surface area contributed by atoms with Gasteiger partial charge in [0.05, 0.1) is 7.11 Å². The second-order valence-electron chi connectivity index (χ2n) is 5.14. The molecule has 1 amide bonds. The zero-order valence-electron chi connectivity index (χ0n) is 13.6. The van der Waals surface area contributed by atoms with E-state index in [1.54, 1.807) is 30.9 Å². The molecule has 0 aliphatic rings. The van der Waals surface area contributed by atoms with E-state index in [1.807, 2.05) is 30.3 Å². The monoisotopic (exact) mass is 355 g/mol. The van der Waals surface area contributed by atoms with Crippen LogP contribution in [0.4, 0.5) is 0 Å². The van der Waals surface area contributed by atoms with Gasteiger partial charge in [-0.1, -0.05) is 12.1 Å². The average Bonchev–Trinajstić information content (AvgIpc) is 3.14. The van der Waals surface area contributed by atoms with Gasteiger partial charge in [0.15, 0.2) is 0 Å². The van der Waals surface area contributed by atoms with Gasteiger partial charge in [0.25, 0.3) is 5.91 Å². The van der Waals surface area contributed by atoms with Gasteiger partial charge in [-0.15, -0.1) is 11.3 Å². The van der Waals surface area contributed by atoms with Crippen LogP contribution in [0.3, 0.4) is 0 Å². The average molecular weight is 355 g/mol. The van der Waals surface area contributed by atoms with Crippen LogP contribution < -0.4 is 14.8 Å². The summed E-state index contributed by atoms with van der Waals surface area (Å²) in [6, 6.07) is 11.1. The molecule has 3 aromatic rings. The molecule has 1 N–H and O–H groups in total. The molecule has 0 saturated heterocycles. The molecule has 0 fully saturated rings. The van der Waals surface area contributed by atoms with Crippen LogP contribution >= 0.6 is 11.3 Å². The molecular weight excluding hydrogens is 338 g/mol. The van der Waals surface area contributed by atoms with Gasteiger partial charge in [-0.2, -0.15) is 0 Å². The SMILES string of the molecule is COc1cccc(OCc2nc(C(=O)NCc3cccnc3)cs2)c1. The molecule has 0 aliphatic heterocycles. The Morgan fingerprint density at radius 2 is 2.12 bits per heavy atom. The van der Waals surface area contributed by atoms with Gasteiger partial charge in [0.2, 0.25) is 0 Å². The normalized spacial score (nSPS) is 10.3. The summed E-state index contributed by atoms with van der Waals surface area (Å²) >= 11 is 1.39. The molecule has 0 atom stereocenters. The fourth-order valence-corrected chi connectivity index (χ4v) is 2.78. The van der Waals surface area contributed by atoms with E-state index in [-0.39, 0.29) is 5.91 Å². The number of methoxy groups -OCH3 is 1. The number of hydrogen-bond donors (Lipinski definition) is 1. The molecule has 0 aliphatic carbocycles. The highest BCUT2D eigenvalue weighted by molar-refractivity contribution is 7.09. The molecule has 7 heteroatoms. The fourth-order valence-electron chi connectivity index (χ4n) is 2.09. The number of thiazole rings is 1. The lowest BCUT2D eigenvalue weighted by molar-refractivity contribution is 0.0946. The van der Waals surface area contributed by atoms with Gasteiger partial charge in [-0.3, -0.25) is 9.78 Å². The Labute approximate surface area is 149 Å². The van der Waals surface area contributed by atoms with Gasteiger partial charge >= 0.3 is 0 Å². The summed E-state index contributed by atoms with van der Waals surface area (Å²) in [6.07, 6.45) is 3.41. The van der Waals surface area contributed by atoms with Crippen molar-refractivity contribution in [2.24, 2.45) is 0 Å². The van der Waals surface area contributed by atoms with Crippen molar-refractivity contribution in [3.8, 4) is 11.5 Å². The molecule has 2 heterocycles. The van der Waals surface area contributed by atoms with E-state index >= 15 is 0 Å².